The van der Waals surface area contributed by atoms with Gasteiger partial charge in [0.15, 0.2) is 0 Å². The van der Waals surface area contributed by atoms with Crippen molar-refractivity contribution in [3.63, 3.8) is 0 Å². The van der Waals surface area contributed by atoms with Crippen LogP contribution in [0.3, 0.4) is 0 Å². The quantitative estimate of drug-likeness (QED) is 0.844. The average molecular weight is 300 g/mol. The summed E-state index contributed by atoms with van der Waals surface area (Å²) in [4.78, 5) is 13.2. The fraction of sp³-hybridized carbons (Fsp3) is 0.600. The predicted molar refractivity (Wildman–Crippen MR) is 80.5 cm³/mol. The van der Waals surface area contributed by atoms with Gasteiger partial charge in [-0.2, -0.15) is 0 Å². The lowest BCUT2D eigenvalue weighted by atomic mass is 10.3. The largest absolute Gasteiger partial charge is 0.424 e. The molecule has 22 heavy (non-hydrogen) atoms. The van der Waals surface area contributed by atoms with Crippen molar-refractivity contribution in [1.29, 1.82) is 0 Å². The molecule has 1 aliphatic carbocycles. The van der Waals surface area contributed by atoms with Gasteiger partial charge in [-0.15, -0.1) is 10.2 Å². The average Bonchev–Trinajstić information content (AvgIpc) is 3.28. The summed E-state index contributed by atoms with van der Waals surface area (Å²) < 4.78 is 5.74. The van der Waals surface area contributed by atoms with E-state index in [1.807, 2.05) is 13.0 Å². The normalized spacial score (nSPS) is 19.6. The lowest BCUT2D eigenvalue weighted by Gasteiger charge is -2.34. The molecule has 2 fully saturated rings. The van der Waals surface area contributed by atoms with E-state index in [2.05, 4.69) is 30.0 Å². The minimum atomic E-state index is 0.527. The van der Waals surface area contributed by atoms with Gasteiger partial charge in [0.05, 0.1) is 6.54 Å². The fourth-order valence-electron chi connectivity index (χ4n) is 2.77. The zero-order chi connectivity index (χ0) is 14.9. The first-order valence-corrected chi connectivity index (χ1v) is 7.86. The second kappa shape index (κ2) is 5.64. The maximum atomic E-state index is 5.74. The molecule has 0 aromatic carbocycles. The van der Waals surface area contributed by atoms with Gasteiger partial charge in [-0.3, -0.25) is 4.90 Å². The molecule has 0 amide bonds. The van der Waals surface area contributed by atoms with Gasteiger partial charge in [0.2, 0.25) is 11.8 Å². The second-order valence-corrected chi connectivity index (χ2v) is 6.09. The number of hydrogen-bond acceptors (Lipinski definition) is 7. The summed E-state index contributed by atoms with van der Waals surface area (Å²) in [6.07, 6.45) is 4.02. The van der Waals surface area contributed by atoms with Crippen LogP contribution in [0.2, 0.25) is 0 Å². The SMILES string of the molecule is Cc1cc(N2CCN(Cc3nnc(C4CC4)o3)CC2)ncn1. The van der Waals surface area contributed by atoms with Crippen molar-refractivity contribution in [3.05, 3.63) is 29.9 Å². The number of anilines is 1. The van der Waals surface area contributed by atoms with Gasteiger partial charge in [0.1, 0.15) is 12.1 Å². The van der Waals surface area contributed by atoms with Crippen LogP contribution >= 0.6 is 0 Å². The maximum Gasteiger partial charge on any atom is 0.230 e. The standard InChI is InChI=1S/C15H20N6O/c1-11-8-13(17-10-16-11)21-6-4-20(5-7-21)9-14-18-19-15(22-14)12-2-3-12/h8,10,12H,2-7,9H2,1H3. The Kier molecular flexibility index (Phi) is 3.49. The number of aromatic nitrogens is 4. The minimum Gasteiger partial charge on any atom is -0.424 e. The summed E-state index contributed by atoms with van der Waals surface area (Å²) in [5.74, 6) is 3.11. The lowest BCUT2D eigenvalue weighted by Crippen LogP contribution is -2.46. The Bertz CT molecular complexity index is 645. The van der Waals surface area contributed by atoms with Gasteiger partial charge in [0.25, 0.3) is 0 Å². The van der Waals surface area contributed by atoms with Gasteiger partial charge in [-0.05, 0) is 19.8 Å². The van der Waals surface area contributed by atoms with Crippen LogP contribution in [0.1, 0.15) is 36.2 Å². The summed E-state index contributed by atoms with van der Waals surface area (Å²) in [5.41, 5.74) is 1.01. The van der Waals surface area contributed by atoms with Crippen LogP contribution in [0.5, 0.6) is 0 Å². The summed E-state index contributed by atoms with van der Waals surface area (Å²) in [5, 5.41) is 8.31. The zero-order valence-corrected chi connectivity index (χ0v) is 12.8. The first kappa shape index (κ1) is 13.6. The maximum absolute atomic E-state index is 5.74. The number of rotatable bonds is 4. The van der Waals surface area contributed by atoms with E-state index in [1.165, 1.54) is 12.8 Å². The summed E-state index contributed by atoms with van der Waals surface area (Å²) in [6.45, 7) is 6.61. The monoisotopic (exact) mass is 300 g/mol. The number of nitrogens with zero attached hydrogens (tertiary/aromatic N) is 6. The van der Waals surface area contributed by atoms with Gasteiger partial charge in [-0.25, -0.2) is 9.97 Å². The minimum absolute atomic E-state index is 0.527. The van der Waals surface area contributed by atoms with Crippen molar-refractivity contribution in [1.82, 2.24) is 25.1 Å². The summed E-state index contributed by atoms with van der Waals surface area (Å²) in [7, 11) is 0. The first-order valence-electron chi connectivity index (χ1n) is 7.86. The molecule has 0 spiro atoms. The Balaban J connectivity index is 1.33. The zero-order valence-electron chi connectivity index (χ0n) is 12.8. The number of piperazine rings is 1. The number of hydrogen-bond donors (Lipinski definition) is 0. The predicted octanol–water partition coefficient (Wildman–Crippen LogP) is 1.37. The molecule has 1 saturated heterocycles. The van der Waals surface area contributed by atoms with Crippen LogP contribution in [0.15, 0.2) is 16.8 Å². The smallest absolute Gasteiger partial charge is 0.230 e. The molecule has 0 N–H and O–H groups in total. The van der Waals surface area contributed by atoms with Gasteiger partial charge in [-0.1, -0.05) is 0 Å². The Morgan fingerprint density at radius 2 is 1.95 bits per heavy atom. The molecular weight excluding hydrogens is 280 g/mol. The van der Waals surface area contributed by atoms with Crippen LogP contribution < -0.4 is 4.90 Å². The van der Waals surface area contributed by atoms with Crippen molar-refractivity contribution < 1.29 is 4.42 Å². The van der Waals surface area contributed by atoms with E-state index in [9.17, 15) is 0 Å². The van der Waals surface area contributed by atoms with E-state index in [-0.39, 0.29) is 0 Å². The van der Waals surface area contributed by atoms with Crippen LogP contribution in [0, 0.1) is 6.92 Å². The van der Waals surface area contributed by atoms with E-state index in [0.29, 0.717) is 5.92 Å². The molecule has 0 bridgehead atoms. The van der Waals surface area contributed by atoms with Crippen molar-refractivity contribution in [2.75, 3.05) is 31.1 Å². The van der Waals surface area contributed by atoms with E-state index >= 15 is 0 Å². The fourth-order valence-corrected chi connectivity index (χ4v) is 2.77. The van der Waals surface area contributed by atoms with Crippen molar-refractivity contribution in [2.45, 2.75) is 32.2 Å². The lowest BCUT2D eigenvalue weighted by molar-refractivity contribution is 0.223. The summed E-state index contributed by atoms with van der Waals surface area (Å²) in [6, 6.07) is 2.04. The molecule has 2 aromatic rings. The third-order valence-corrected chi connectivity index (χ3v) is 4.25. The molecule has 2 aliphatic rings. The van der Waals surface area contributed by atoms with Crippen molar-refractivity contribution in [3.8, 4) is 0 Å². The highest BCUT2D eigenvalue weighted by atomic mass is 16.4. The van der Waals surface area contributed by atoms with Gasteiger partial charge >= 0.3 is 0 Å². The Hall–Kier alpha value is -2.02. The van der Waals surface area contributed by atoms with Crippen LogP contribution in [-0.2, 0) is 6.54 Å². The Labute approximate surface area is 129 Å². The van der Waals surface area contributed by atoms with Gasteiger partial charge < -0.3 is 9.32 Å². The molecule has 7 heteroatoms. The molecule has 1 saturated carbocycles. The molecule has 1 aliphatic heterocycles. The highest BCUT2D eigenvalue weighted by molar-refractivity contribution is 5.39. The molecule has 2 aromatic heterocycles. The molecule has 0 atom stereocenters. The molecular formula is C15H20N6O. The number of aryl methyl sites for hydroxylation is 1. The third-order valence-electron chi connectivity index (χ3n) is 4.25. The summed E-state index contributed by atoms with van der Waals surface area (Å²) >= 11 is 0. The van der Waals surface area contributed by atoms with Crippen LogP contribution in [0.25, 0.3) is 0 Å². The Morgan fingerprint density at radius 3 is 2.68 bits per heavy atom. The highest BCUT2D eigenvalue weighted by Gasteiger charge is 2.29. The van der Waals surface area contributed by atoms with E-state index in [0.717, 1.165) is 56.0 Å². The molecule has 116 valence electrons. The van der Waals surface area contributed by atoms with Crippen LogP contribution in [0.4, 0.5) is 5.82 Å². The molecule has 0 radical (unpaired) electrons. The first-order chi connectivity index (χ1) is 10.8. The van der Waals surface area contributed by atoms with Gasteiger partial charge in [0, 0.05) is 43.9 Å². The highest BCUT2D eigenvalue weighted by Crippen LogP contribution is 2.39. The Morgan fingerprint density at radius 1 is 1.14 bits per heavy atom. The molecule has 4 rings (SSSR count). The van der Waals surface area contributed by atoms with E-state index < -0.39 is 0 Å². The third kappa shape index (κ3) is 2.94. The molecule has 7 nitrogen and oxygen atoms in total. The molecule has 0 unspecified atom stereocenters. The topological polar surface area (TPSA) is 71.2 Å². The van der Waals surface area contributed by atoms with Crippen molar-refractivity contribution in [2.24, 2.45) is 0 Å². The molecule has 3 heterocycles. The second-order valence-electron chi connectivity index (χ2n) is 6.09. The van der Waals surface area contributed by atoms with Crippen LogP contribution in [-0.4, -0.2) is 51.2 Å². The van der Waals surface area contributed by atoms with Crippen molar-refractivity contribution >= 4 is 5.82 Å². The van der Waals surface area contributed by atoms with E-state index in [4.69, 9.17) is 4.42 Å². The van der Waals surface area contributed by atoms with E-state index in [1.54, 1.807) is 6.33 Å².